The van der Waals surface area contributed by atoms with Crippen LogP contribution in [0, 0.1) is 0 Å². The van der Waals surface area contributed by atoms with Crippen molar-refractivity contribution in [2.75, 3.05) is 20.8 Å². The second kappa shape index (κ2) is 5.09. The molecule has 0 aliphatic heterocycles. The zero-order valence-corrected chi connectivity index (χ0v) is 8.61. The van der Waals surface area contributed by atoms with Crippen LogP contribution in [0.3, 0.4) is 0 Å². The van der Waals surface area contributed by atoms with Crippen LogP contribution in [0.1, 0.15) is 0 Å². The first-order valence-corrected chi connectivity index (χ1v) is 4.37. The lowest BCUT2D eigenvalue weighted by atomic mass is 10.3. The van der Waals surface area contributed by atoms with Gasteiger partial charge in [-0.15, -0.1) is 0 Å². The summed E-state index contributed by atoms with van der Waals surface area (Å²) < 4.78 is 10.0. The highest BCUT2D eigenvalue weighted by Gasteiger charge is 2.06. The van der Waals surface area contributed by atoms with E-state index in [1.54, 1.807) is 6.07 Å². The van der Waals surface area contributed by atoms with Crippen LogP contribution in [0.5, 0.6) is 17.2 Å². The Morgan fingerprint density at radius 3 is 2.87 bits per heavy atom. The van der Waals surface area contributed by atoms with Crippen LogP contribution < -0.4 is 14.8 Å². The molecule has 0 fully saturated rings. The minimum absolute atomic E-state index is 0.0281. The molecule has 0 aliphatic carbocycles. The number of phenols is 1. The molecule has 0 radical (unpaired) electrons. The van der Waals surface area contributed by atoms with Gasteiger partial charge in [-0.1, -0.05) is 0 Å². The number of carbonyl (C=O) groups excluding carboxylic acids is 1. The highest BCUT2D eigenvalue weighted by Crippen LogP contribution is 2.29. The number of phenolic OH excluding ortho intramolecular Hbond substituents is 1. The van der Waals surface area contributed by atoms with Gasteiger partial charge >= 0.3 is 0 Å². The third kappa shape index (κ3) is 3.05. The van der Waals surface area contributed by atoms with Crippen molar-refractivity contribution in [2.24, 2.45) is 0 Å². The molecular weight excluding hydrogens is 198 g/mol. The van der Waals surface area contributed by atoms with Crippen molar-refractivity contribution in [1.29, 1.82) is 0 Å². The van der Waals surface area contributed by atoms with Crippen LogP contribution in [0.25, 0.3) is 0 Å². The Morgan fingerprint density at radius 1 is 1.53 bits per heavy atom. The molecule has 0 bridgehead atoms. The SMILES string of the molecule is CNC(=O)COc1cc(OC)ccc1O. The Kier molecular flexibility index (Phi) is 3.79. The average Bonchev–Trinajstić information content (AvgIpc) is 2.27. The Bertz CT molecular complexity index is 351. The summed E-state index contributed by atoms with van der Waals surface area (Å²) in [7, 11) is 3.02. The predicted octanol–water partition coefficient (Wildman–Crippen LogP) is 0.526. The molecule has 0 spiro atoms. The van der Waals surface area contributed by atoms with Crippen LogP contribution >= 0.6 is 0 Å². The van der Waals surface area contributed by atoms with Crippen LogP contribution in [-0.2, 0) is 4.79 Å². The van der Waals surface area contributed by atoms with E-state index < -0.39 is 0 Å². The summed E-state index contributed by atoms with van der Waals surface area (Å²) in [6.45, 7) is -0.142. The molecule has 0 unspecified atom stereocenters. The van der Waals surface area contributed by atoms with E-state index in [1.165, 1.54) is 26.3 Å². The van der Waals surface area contributed by atoms with Gasteiger partial charge in [0.25, 0.3) is 5.91 Å². The number of hydrogen-bond donors (Lipinski definition) is 2. The van der Waals surface area contributed by atoms with Gasteiger partial charge in [0.15, 0.2) is 18.1 Å². The summed E-state index contributed by atoms with van der Waals surface area (Å²) >= 11 is 0. The number of ether oxygens (including phenoxy) is 2. The van der Waals surface area contributed by atoms with Gasteiger partial charge in [0.1, 0.15) is 5.75 Å². The molecule has 5 heteroatoms. The summed E-state index contributed by atoms with van der Waals surface area (Å²) in [6.07, 6.45) is 0. The number of likely N-dealkylation sites (N-methyl/N-ethyl adjacent to an activating group) is 1. The van der Waals surface area contributed by atoms with Gasteiger partial charge in [-0.25, -0.2) is 0 Å². The molecule has 0 saturated carbocycles. The van der Waals surface area contributed by atoms with Gasteiger partial charge in [-0.05, 0) is 12.1 Å². The number of amides is 1. The lowest BCUT2D eigenvalue weighted by Crippen LogP contribution is -2.24. The molecule has 5 nitrogen and oxygen atoms in total. The second-order valence-electron chi connectivity index (χ2n) is 2.80. The number of benzene rings is 1. The van der Waals surface area contributed by atoms with E-state index in [-0.39, 0.29) is 24.0 Å². The molecule has 1 amide bonds. The van der Waals surface area contributed by atoms with Gasteiger partial charge in [0, 0.05) is 13.1 Å². The van der Waals surface area contributed by atoms with Gasteiger partial charge in [-0.2, -0.15) is 0 Å². The summed E-state index contributed by atoms with van der Waals surface area (Å²) in [4.78, 5) is 10.9. The smallest absolute Gasteiger partial charge is 0.257 e. The number of methoxy groups -OCH3 is 1. The first kappa shape index (κ1) is 11.2. The van der Waals surface area contributed by atoms with Gasteiger partial charge < -0.3 is 19.9 Å². The molecule has 1 aromatic carbocycles. The fraction of sp³-hybridized carbons (Fsp3) is 0.300. The first-order chi connectivity index (χ1) is 7.17. The maximum atomic E-state index is 10.9. The van der Waals surface area contributed by atoms with Crippen molar-refractivity contribution < 1.29 is 19.4 Å². The maximum absolute atomic E-state index is 10.9. The van der Waals surface area contributed by atoms with E-state index in [2.05, 4.69) is 5.32 Å². The molecule has 0 atom stereocenters. The van der Waals surface area contributed by atoms with E-state index >= 15 is 0 Å². The Morgan fingerprint density at radius 2 is 2.27 bits per heavy atom. The molecule has 2 N–H and O–H groups in total. The number of aromatic hydroxyl groups is 1. The summed E-state index contributed by atoms with van der Waals surface area (Å²) in [5.41, 5.74) is 0. The third-order valence-electron chi connectivity index (χ3n) is 1.80. The molecule has 0 heterocycles. The maximum Gasteiger partial charge on any atom is 0.257 e. The van der Waals surface area contributed by atoms with E-state index in [1.807, 2.05) is 0 Å². The Balaban J connectivity index is 2.70. The fourth-order valence-electron chi connectivity index (χ4n) is 0.953. The van der Waals surface area contributed by atoms with Crippen LogP contribution in [0.2, 0.25) is 0 Å². The Hall–Kier alpha value is -1.91. The number of nitrogens with one attached hydrogen (secondary N) is 1. The van der Waals surface area contributed by atoms with Crippen LogP contribution in [0.4, 0.5) is 0 Å². The quantitative estimate of drug-likeness (QED) is 0.762. The molecule has 1 rings (SSSR count). The van der Waals surface area contributed by atoms with Crippen molar-refractivity contribution >= 4 is 5.91 Å². The monoisotopic (exact) mass is 211 g/mol. The number of rotatable bonds is 4. The van der Waals surface area contributed by atoms with E-state index in [0.29, 0.717) is 5.75 Å². The molecule has 82 valence electrons. The lowest BCUT2D eigenvalue weighted by molar-refractivity contribution is -0.122. The molecule has 1 aromatic rings. The highest BCUT2D eigenvalue weighted by atomic mass is 16.5. The van der Waals surface area contributed by atoms with Crippen LogP contribution in [-0.4, -0.2) is 31.8 Å². The minimum Gasteiger partial charge on any atom is -0.504 e. The minimum atomic E-state index is -0.266. The lowest BCUT2D eigenvalue weighted by Gasteiger charge is -2.08. The van der Waals surface area contributed by atoms with Crippen molar-refractivity contribution in [3.63, 3.8) is 0 Å². The van der Waals surface area contributed by atoms with E-state index in [0.717, 1.165) is 0 Å². The molecular formula is C10H13NO4. The van der Waals surface area contributed by atoms with Crippen molar-refractivity contribution in [1.82, 2.24) is 5.32 Å². The second-order valence-corrected chi connectivity index (χ2v) is 2.80. The number of carbonyl (C=O) groups is 1. The van der Waals surface area contributed by atoms with Gasteiger partial charge in [0.05, 0.1) is 7.11 Å². The van der Waals surface area contributed by atoms with Crippen molar-refractivity contribution in [3.8, 4) is 17.2 Å². The van der Waals surface area contributed by atoms with E-state index in [9.17, 15) is 9.90 Å². The molecule has 0 aliphatic rings. The molecule has 0 aromatic heterocycles. The van der Waals surface area contributed by atoms with Crippen LogP contribution in [0.15, 0.2) is 18.2 Å². The summed E-state index contributed by atoms with van der Waals surface area (Å²) in [5, 5.41) is 11.8. The largest absolute Gasteiger partial charge is 0.504 e. The molecule has 15 heavy (non-hydrogen) atoms. The summed E-state index contributed by atoms with van der Waals surface area (Å²) in [5.74, 6) is 0.481. The Labute approximate surface area is 87.6 Å². The number of hydrogen-bond acceptors (Lipinski definition) is 4. The highest BCUT2D eigenvalue weighted by molar-refractivity contribution is 5.77. The zero-order chi connectivity index (χ0) is 11.3. The predicted molar refractivity (Wildman–Crippen MR) is 54.2 cm³/mol. The third-order valence-corrected chi connectivity index (χ3v) is 1.80. The topological polar surface area (TPSA) is 67.8 Å². The van der Waals surface area contributed by atoms with Crippen molar-refractivity contribution in [3.05, 3.63) is 18.2 Å². The van der Waals surface area contributed by atoms with Crippen molar-refractivity contribution in [2.45, 2.75) is 0 Å². The van der Waals surface area contributed by atoms with Gasteiger partial charge in [-0.3, -0.25) is 4.79 Å². The molecule has 0 saturated heterocycles. The average molecular weight is 211 g/mol. The normalized spacial score (nSPS) is 9.47. The summed E-state index contributed by atoms with van der Waals surface area (Å²) in [6, 6.07) is 4.55. The van der Waals surface area contributed by atoms with E-state index in [4.69, 9.17) is 9.47 Å². The fourth-order valence-corrected chi connectivity index (χ4v) is 0.953. The zero-order valence-electron chi connectivity index (χ0n) is 8.61. The standard InChI is InChI=1S/C10H13NO4/c1-11-10(13)6-15-9-5-7(14-2)3-4-8(9)12/h3-5,12H,6H2,1-2H3,(H,11,13). The first-order valence-electron chi connectivity index (χ1n) is 4.37. The van der Waals surface area contributed by atoms with Gasteiger partial charge in [0.2, 0.25) is 0 Å².